The molecule has 3 nitrogen and oxygen atoms in total. The molecule has 0 spiro atoms. The molecule has 100 valence electrons. The molecule has 0 atom stereocenters. The average molecular weight is 284 g/mol. The Bertz CT molecular complexity index is 738. The molecular weight excluding hydrogens is 270 g/mol. The van der Waals surface area contributed by atoms with Crippen LogP contribution in [0.1, 0.15) is 11.4 Å². The zero-order valence-electron chi connectivity index (χ0n) is 11.1. The van der Waals surface area contributed by atoms with E-state index < -0.39 is 0 Å². The van der Waals surface area contributed by atoms with E-state index in [-0.39, 0.29) is 0 Å². The van der Waals surface area contributed by atoms with Crippen LogP contribution in [0.2, 0.25) is 5.02 Å². The first-order valence-corrected chi connectivity index (χ1v) is 6.82. The van der Waals surface area contributed by atoms with Crippen molar-refractivity contribution in [2.45, 2.75) is 13.5 Å². The van der Waals surface area contributed by atoms with Gasteiger partial charge in [-0.25, -0.2) is 9.97 Å². The minimum Gasteiger partial charge on any atom is -0.379 e. The summed E-state index contributed by atoms with van der Waals surface area (Å²) in [7, 11) is 0. The Kier molecular flexibility index (Phi) is 3.52. The molecule has 0 aliphatic rings. The molecule has 1 aromatic heterocycles. The van der Waals surface area contributed by atoms with Crippen molar-refractivity contribution in [2.24, 2.45) is 0 Å². The van der Waals surface area contributed by atoms with Gasteiger partial charge in [0.2, 0.25) is 0 Å². The number of aromatic nitrogens is 2. The number of halogens is 1. The minimum absolute atomic E-state index is 0.644. The molecule has 0 amide bonds. The summed E-state index contributed by atoms with van der Waals surface area (Å²) in [5.41, 5.74) is 4.78. The SMILES string of the molecule is Cc1nc2ccccc2nc1CNc1ccc(Cl)cc1. The first-order valence-electron chi connectivity index (χ1n) is 6.44. The van der Waals surface area contributed by atoms with E-state index in [0.717, 1.165) is 33.1 Å². The standard InChI is InChI=1S/C16H14ClN3/c1-11-16(10-18-13-8-6-12(17)7-9-13)20-15-5-3-2-4-14(15)19-11/h2-9,18H,10H2,1H3. The summed E-state index contributed by atoms with van der Waals surface area (Å²) in [5.74, 6) is 0. The molecule has 3 aromatic rings. The molecular formula is C16H14ClN3. The third-order valence-corrected chi connectivity index (χ3v) is 3.40. The van der Waals surface area contributed by atoms with Crippen LogP contribution in [-0.4, -0.2) is 9.97 Å². The maximum Gasteiger partial charge on any atom is 0.0891 e. The number of nitrogens with zero attached hydrogens (tertiary/aromatic N) is 2. The van der Waals surface area contributed by atoms with Crippen LogP contribution in [0.15, 0.2) is 48.5 Å². The van der Waals surface area contributed by atoms with Gasteiger partial charge in [-0.3, -0.25) is 0 Å². The second-order valence-electron chi connectivity index (χ2n) is 4.60. The van der Waals surface area contributed by atoms with E-state index in [9.17, 15) is 0 Å². The van der Waals surface area contributed by atoms with Gasteiger partial charge in [0.1, 0.15) is 0 Å². The summed E-state index contributed by atoms with van der Waals surface area (Å²) >= 11 is 5.87. The maximum atomic E-state index is 5.87. The zero-order chi connectivity index (χ0) is 13.9. The molecule has 0 aliphatic heterocycles. The lowest BCUT2D eigenvalue weighted by Crippen LogP contribution is -2.05. The lowest BCUT2D eigenvalue weighted by molar-refractivity contribution is 0.998. The zero-order valence-corrected chi connectivity index (χ0v) is 11.9. The highest BCUT2D eigenvalue weighted by Gasteiger charge is 2.04. The number of nitrogens with one attached hydrogen (secondary N) is 1. The highest BCUT2D eigenvalue weighted by atomic mass is 35.5. The van der Waals surface area contributed by atoms with Gasteiger partial charge in [-0.15, -0.1) is 0 Å². The fourth-order valence-corrected chi connectivity index (χ4v) is 2.17. The van der Waals surface area contributed by atoms with Crippen LogP contribution in [0.4, 0.5) is 5.69 Å². The Morgan fingerprint density at radius 2 is 1.60 bits per heavy atom. The summed E-state index contributed by atoms with van der Waals surface area (Å²) in [6, 6.07) is 15.5. The molecule has 0 aliphatic carbocycles. The van der Waals surface area contributed by atoms with Gasteiger partial charge >= 0.3 is 0 Å². The molecule has 20 heavy (non-hydrogen) atoms. The Morgan fingerprint density at radius 1 is 0.950 bits per heavy atom. The van der Waals surface area contributed by atoms with Crippen molar-refractivity contribution in [1.82, 2.24) is 9.97 Å². The lowest BCUT2D eigenvalue weighted by atomic mass is 10.2. The van der Waals surface area contributed by atoms with E-state index in [0.29, 0.717) is 6.54 Å². The van der Waals surface area contributed by atoms with Crippen LogP contribution in [0.3, 0.4) is 0 Å². The van der Waals surface area contributed by atoms with Crippen molar-refractivity contribution >= 4 is 28.3 Å². The highest BCUT2D eigenvalue weighted by molar-refractivity contribution is 6.30. The maximum absolute atomic E-state index is 5.87. The van der Waals surface area contributed by atoms with Crippen LogP contribution >= 0.6 is 11.6 Å². The summed E-state index contributed by atoms with van der Waals surface area (Å²) in [4.78, 5) is 9.23. The van der Waals surface area contributed by atoms with E-state index in [4.69, 9.17) is 11.6 Å². The van der Waals surface area contributed by atoms with E-state index in [2.05, 4.69) is 15.3 Å². The van der Waals surface area contributed by atoms with Gasteiger partial charge in [-0.05, 0) is 43.3 Å². The topological polar surface area (TPSA) is 37.8 Å². The molecule has 2 aromatic carbocycles. The Labute approximate surface area is 122 Å². The molecule has 0 bridgehead atoms. The number of hydrogen-bond donors (Lipinski definition) is 1. The molecule has 1 heterocycles. The number of para-hydroxylation sites is 2. The Balaban J connectivity index is 1.83. The largest absolute Gasteiger partial charge is 0.379 e. The highest BCUT2D eigenvalue weighted by Crippen LogP contribution is 2.16. The van der Waals surface area contributed by atoms with Crippen molar-refractivity contribution in [3.63, 3.8) is 0 Å². The number of anilines is 1. The Hall–Kier alpha value is -2.13. The van der Waals surface area contributed by atoms with Crippen molar-refractivity contribution in [1.29, 1.82) is 0 Å². The third-order valence-electron chi connectivity index (χ3n) is 3.15. The van der Waals surface area contributed by atoms with Crippen LogP contribution < -0.4 is 5.32 Å². The normalized spacial score (nSPS) is 10.7. The molecule has 0 saturated heterocycles. The van der Waals surface area contributed by atoms with Crippen molar-refractivity contribution in [3.8, 4) is 0 Å². The van der Waals surface area contributed by atoms with Crippen LogP contribution in [0, 0.1) is 6.92 Å². The van der Waals surface area contributed by atoms with Gasteiger partial charge in [-0.2, -0.15) is 0 Å². The van der Waals surface area contributed by atoms with Gasteiger partial charge in [0.15, 0.2) is 0 Å². The fraction of sp³-hybridized carbons (Fsp3) is 0.125. The summed E-state index contributed by atoms with van der Waals surface area (Å²) in [5, 5.41) is 4.07. The molecule has 3 rings (SSSR count). The predicted octanol–water partition coefficient (Wildman–Crippen LogP) is 4.20. The Morgan fingerprint density at radius 3 is 2.30 bits per heavy atom. The van der Waals surface area contributed by atoms with Crippen molar-refractivity contribution in [3.05, 3.63) is 64.9 Å². The summed E-state index contributed by atoms with van der Waals surface area (Å²) in [6.07, 6.45) is 0. The van der Waals surface area contributed by atoms with Crippen LogP contribution in [0.25, 0.3) is 11.0 Å². The van der Waals surface area contributed by atoms with Gasteiger partial charge in [0.05, 0.1) is 29.0 Å². The van der Waals surface area contributed by atoms with Crippen molar-refractivity contribution in [2.75, 3.05) is 5.32 Å². The second kappa shape index (κ2) is 5.47. The smallest absolute Gasteiger partial charge is 0.0891 e. The summed E-state index contributed by atoms with van der Waals surface area (Å²) < 4.78 is 0. The summed E-state index contributed by atoms with van der Waals surface area (Å²) in [6.45, 7) is 2.63. The number of hydrogen-bond acceptors (Lipinski definition) is 3. The predicted molar refractivity (Wildman–Crippen MR) is 83.1 cm³/mol. The number of fused-ring (bicyclic) bond motifs is 1. The van der Waals surface area contributed by atoms with Gasteiger partial charge in [0.25, 0.3) is 0 Å². The first-order chi connectivity index (χ1) is 9.72. The van der Waals surface area contributed by atoms with Crippen LogP contribution in [0.5, 0.6) is 0 Å². The van der Waals surface area contributed by atoms with Crippen LogP contribution in [-0.2, 0) is 6.54 Å². The number of aryl methyl sites for hydroxylation is 1. The van der Waals surface area contributed by atoms with Gasteiger partial charge in [0, 0.05) is 10.7 Å². The fourth-order valence-electron chi connectivity index (χ4n) is 2.05. The first kappa shape index (κ1) is 12.9. The van der Waals surface area contributed by atoms with E-state index in [1.165, 1.54) is 0 Å². The van der Waals surface area contributed by atoms with E-state index >= 15 is 0 Å². The van der Waals surface area contributed by atoms with Gasteiger partial charge < -0.3 is 5.32 Å². The van der Waals surface area contributed by atoms with E-state index in [1.807, 2.05) is 55.5 Å². The molecule has 1 N–H and O–H groups in total. The average Bonchev–Trinajstić information content (AvgIpc) is 2.47. The van der Waals surface area contributed by atoms with Crippen molar-refractivity contribution < 1.29 is 0 Å². The molecule has 0 radical (unpaired) electrons. The number of rotatable bonds is 3. The van der Waals surface area contributed by atoms with E-state index in [1.54, 1.807) is 0 Å². The molecule has 0 unspecified atom stereocenters. The third kappa shape index (κ3) is 2.73. The second-order valence-corrected chi connectivity index (χ2v) is 5.04. The van der Waals surface area contributed by atoms with Gasteiger partial charge in [-0.1, -0.05) is 23.7 Å². The molecule has 4 heteroatoms. The monoisotopic (exact) mass is 283 g/mol. The quantitative estimate of drug-likeness (QED) is 0.783. The lowest BCUT2D eigenvalue weighted by Gasteiger charge is -2.09. The number of benzene rings is 2. The molecule has 0 saturated carbocycles. The molecule has 0 fully saturated rings. The minimum atomic E-state index is 0.644.